The fraction of sp³-hybridized carbons (Fsp3) is 0.556. The second-order valence-corrected chi connectivity index (χ2v) is 3.44. The maximum Gasteiger partial charge on any atom is 0.355 e. The van der Waals surface area contributed by atoms with Crippen molar-refractivity contribution in [3.8, 4) is 0 Å². The minimum absolute atomic E-state index is 0.124. The van der Waals surface area contributed by atoms with Gasteiger partial charge in [0.1, 0.15) is 5.71 Å². The van der Waals surface area contributed by atoms with Gasteiger partial charge in [-0.2, -0.15) is 5.10 Å². The van der Waals surface area contributed by atoms with Crippen LogP contribution in [0.5, 0.6) is 0 Å². The monoisotopic (exact) mass is 226 g/mol. The zero-order chi connectivity index (χ0) is 11.5. The second-order valence-electron chi connectivity index (χ2n) is 3.44. The molecule has 0 radical (unpaired) electrons. The summed E-state index contributed by atoms with van der Waals surface area (Å²) in [5.74, 6) is -1.45. The Bertz CT molecular complexity index is 376. The van der Waals surface area contributed by atoms with Crippen molar-refractivity contribution < 1.29 is 23.9 Å². The SMILES string of the molecule is O=C1CCC(C(=O)OC2CCOC2=O)=NN1. The summed E-state index contributed by atoms with van der Waals surface area (Å²) >= 11 is 0. The van der Waals surface area contributed by atoms with Crippen molar-refractivity contribution in [1.29, 1.82) is 0 Å². The number of hydrazone groups is 1. The van der Waals surface area contributed by atoms with Crippen LogP contribution in [0.4, 0.5) is 0 Å². The topological polar surface area (TPSA) is 94.1 Å². The van der Waals surface area contributed by atoms with Crippen LogP contribution in [0.3, 0.4) is 0 Å². The molecule has 1 N–H and O–H groups in total. The summed E-state index contributed by atoms with van der Waals surface area (Å²) in [6.45, 7) is 0.264. The molecule has 0 aromatic carbocycles. The lowest BCUT2D eigenvalue weighted by atomic mass is 10.2. The Kier molecular flexibility index (Phi) is 2.84. The van der Waals surface area contributed by atoms with Crippen LogP contribution in [0, 0.1) is 0 Å². The highest BCUT2D eigenvalue weighted by molar-refractivity contribution is 6.37. The predicted molar refractivity (Wildman–Crippen MR) is 50.3 cm³/mol. The molecule has 2 heterocycles. The van der Waals surface area contributed by atoms with E-state index >= 15 is 0 Å². The molecule has 7 nitrogen and oxygen atoms in total. The molecule has 0 saturated carbocycles. The summed E-state index contributed by atoms with van der Waals surface area (Å²) in [5.41, 5.74) is 2.31. The first kappa shape index (κ1) is 10.6. The Morgan fingerprint density at radius 2 is 2.25 bits per heavy atom. The molecule has 1 atom stereocenters. The number of nitrogens with one attached hydrogen (secondary N) is 1. The number of esters is 2. The number of cyclic esters (lactones) is 1. The molecule has 7 heteroatoms. The van der Waals surface area contributed by atoms with E-state index in [4.69, 9.17) is 4.74 Å². The lowest BCUT2D eigenvalue weighted by molar-refractivity contribution is -0.155. The lowest BCUT2D eigenvalue weighted by Gasteiger charge is -2.12. The Morgan fingerprint density at radius 3 is 2.81 bits per heavy atom. The molecule has 0 bridgehead atoms. The van der Waals surface area contributed by atoms with E-state index in [2.05, 4.69) is 15.3 Å². The van der Waals surface area contributed by atoms with E-state index in [1.165, 1.54) is 0 Å². The van der Waals surface area contributed by atoms with Crippen LogP contribution in [0.15, 0.2) is 5.10 Å². The van der Waals surface area contributed by atoms with Crippen LogP contribution in [0.2, 0.25) is 0 Å². The predicted octanol–water partition coefficient (Wildman–Crippen LogP) is -0.889. The van der Waals surface area contributed by atoms with Gasteiger partial charge in [0.2, 0.25) is 12.0 Å². The smallest absolute Gasteiger partial charge is 0.355 e. The van der Waals surface area contributed by atoms with Crippen LogP contribution in [0.25, 0.3) is 0 Å². The summed E-state index contributed by atoms with van der Waals surface area (Å²) in [6.07, 6.45) is -0.0486. The standard InChI is InChI=1S/C9H10N2O5/c12-7-2-1-5(10-11-7)8(13)16-6-3-4-15-9(6)14/h6H,1-4H2,(H,11,12). The van der Waals surface area contributed by atoms with E-state index in [0.29, 0.717) is 6.42 Å². The number of rotatable bonds is 2. The molecule has 2 rings (SSSR count). The van der Waals surface area contributed by atoms with Crippen molar-refractivity contribution in [1.82, 2.24) is 5.43 Å². The van der Waals surface area contributed by atoms with Crippen molar-refractivity contribution in [3.63, 3.8) is 0 Å². The molecule has 0 spiro atoms. The van der Waals surface area contributed by atoms with E-state index in [-0.39, 0.29) is 31.1 Å². The minimum atomic E-state index is -0.840. The number of hydrogen-bond donors (Lipinski definition) is 1. The van der Waals surface area contributed by atoms with Crippen LogP contribution < -0.4 is 5.43 Å². The molecule has 0 aromatic rings. The molecule has 0 aromatic heterocycles. The Balaban J connectivity index is 1.93. The number of carbonyl (C=O) groups excluding carboxylic acids is 3. The maximum absolute atomic E-state index is 11.5. The molecule has 2 aliphatic heterocycles. The number of carbonyl (C=O) groups is 3. The Labute approximate surface area is 90.8 Å². The van der Waals surface area contributed by atoms with Crippen molar-refractivity contribution in [2.24, 2.45) is 5.10 Å². The van der Waals surface area contributed by atoms with Gasteiger partial charge in [0.15, 0.2) is 0 Å². The quantitative estimate of drug-likeness (QED) is 0.616. The largest absolute Gasteiger partial charge is 0.463 e. The third-order valence-electron chi connectivity index (χ3n) is 2.28. The average molecular weight is 226 g/mol. The van der Waals surface area contributed by atoms with E-state index in [1.54, 1.807) is 0 Å². The molecule has 16 heavy (non-hydrogen) atoms. The summed E-state index contributed by atoms with van der Waals surface area (Å²) in [4.78, 5) is 33.3. The van der Waals surface area contributed by atoms with Crippen molar-refractivity contribution >= 4 is 23.6 Å². The first-order valence-electron chi connectivity index (χ1n) is 4.90. The van der Waals surface area contributed by atoms with Gasteiger partial charge in [-0.25, -0.2) is 15.0 Å². The van der Waals surface area contributed by atoms with Gasteiger partial charge < -0.3 is 9.47 Å². The van der Waals surface area contributed by atoms with Gasteiger partial charge in [-0.1, -0.05) is 0 Å². The van der Waals surface area contributed by atoms with Crippen molar-refractivity contribution in [3.05, 3.63) is 0 Å². The lowest BCUT2D eigenvalue weighted by Crippen LogP contribution is -2.33. The van der Waals surface area contributed by atoms with E-state index in [9.17, 15) is 14.4 Å². The van der Waals surface area contributed by atoms with Crippen LogP contribution >= 0.6 is 0 Å². The number of nitrogens with zero attached hydrogens (tertiary/aromatic N) is 1. The Hall–Kier alpha value is -1.92. The number of amides is 1. The minimum Gasteiger partial charge on any atom is -0.463 e. The van der Waals surface area contributed by atoms with Gasteiger partial charge in [-0.05, 0) is 0 Å². The molecule has 1 amide bonds. The molecular weight excluding hydrogens is 216 g/mol. The second kappa shape index (κ2) is 4.30. The highest BCUT2D eigenvalue weighted by Gasteiger charge is 2.32. The van der Waals surface area contributed by atoms with Gasteiger partial charge >= 0.3 is 11.9 Å². The molecule has 86 valence electrons. The van der Waals surface area contributed by atoms with Crippen LogP contribution in [-0.2, 0) is 23.9 Å². The van der Waals surface area contributed by atoms with Gasteiger partial charge in [-0.15, -0.1) is 0 Å². The van der Waals surface area contributed by atoms with E-state index < -0.39 is 18.0 Å². The van der Waals surface area contributed by atoms with Gasteiger partial charge in [0.05, 0.1) is 6.61 Å². The third kappa shape index (κ3) is 2.18. The summed E-state index contributed by atoms with van der Waals surface area (Å²) in [5, 5.41) is 3.57. The molecule has 1 unspecified atom stereocenters. The van der Waals surface area contributed by atoms with Crippen molar-refractivity contribution in [2.75, 3.05) is 6.61 Å². The molecule has 2 aliphatic rings. The molecule has 1 fully saturated rings. The van der Waals surface area contributed by atoms with E-state index in [1.807, 2.05) is 0 Å². The zero-order valence-electron chi connectivity index (χ0n) is 8.39. The summed E-state index contributed by atoms with van der Waals surface area (Å²) in [7, 11) is 0. The molecule has 0 aliphatic carbocycles. The van der Waals surface area contributed by atoms with Crippen LogP contribution in [-0.4, -0.2) is 36.3 Å². The van der Waals surface area contributed by atoms with E-state index in [0.717, 1.165) is 0 Å². The maximum atomic E-state index is 11.5. The first-order chi connectivity index (χ1) is 7.66. The third-order valence-corrected chi connectivity index (χ3v) is 2.28. The summed E-state index contributed by atoms with van der Waals surface area (Å²) < 4.78 is 9.55. The van der Waals surface area contributed by atoms with Crippen LogP contribution in [0.1, 0.15) is 19.3 Å². The normalized spacial score (nSPS) is 24.5. The van der Waals surface area contributed by atoms with Gasteiger partial charge in [0, 0.05) is 19.3 Å². The highest BCUT2D eigenvalue weighted by Crippen LogP contribution is 2.12. The summed E-state index contributed by atoms with van der Waals surface area (Å²) in [6, 6.07) is 0. The molecular formula is C9H10N2O5. The highest BCUT2D eigenvalue weighted by atomic mass is 16.6. The fourth-order valence-electron chi connectivity index (χ4n) is 1.40. The fourth-order valence-corrected chi connectivity index (χ4v) is 1.40. The Morgan fingerprint density at radius 1 is 1.44 bits per heavy atom. The number of hydrogen-bond acceptors (Lipinski definition) is 6. The first-order valence-corrected chi connectivity index (χ1v) is 4.90. The van der Waals surface area contributed by atoms with Crippen molar-refractivity contribution in [2.45, 2.75) is 25.4 Å². The number of ether oxygens (including phenoxy) is 2. The molecule has 1 saturated heterocycles. The van der Waals surface area contributed by atoms with Gasteiger partial charge in [0.25, 0.3) is 0 Å². The average Bonchev–Trinajstić information content (AvgIpc) is 2.65. The van der Waals surface area contributed by atoms with Gasteiger partial charge in [-0.3, -0.25) is 4.79 Å². The zero-order valence-corrected chi connectivity index (χ0v) is 8.39.